The lowest BCUT2D eigenvalue weighted by molar-refractivity contribution is 0.358. The molecule has 1 heterocycles. The maximum atomic E-state index is 12.0. The van der Waals surface area contributed by atoms with Crippen molar-refractivity contribution in [1.82, 2.24) is 9.88 Å². The molecule has 3 aromatic rings. The van der Waals surface area contributed by atoms with Crippen LogP contribution in [0.1, 0.15) is 12.5 Å². The van der Waals surface area contributed by atoms with Crippen LogP contribution in [0.2, 0.25) is 0 Å². The topological polar surface area (TPSA) is 82.3 Å². The van der Waals surface area contributed by atoms with E-state index < -0.39 is 0 Å². The summed E-state index contributed by atoms with van der Waals surface area (Å²) in [6.45, 7) is 4.07. The van der Waals surface area contributed by atoms with Crippen LogP contribution in [0.5, 0.6) is 5.75 Å². The van der Waals surface area contributed by atoms with E-state index in [1.54, 1.807) is 24.4 Å². The predicted molar refractivity (Wildman–Crippen MR) is 103 cm³/mol. The van der Waals surface area contributed by atoms with Gasteiger partial charge in [0.15, 0.2) is 0 Å². The zero-order valence-electron chi connectivity index (χ0n) is 14.5. The molecule has 0 saturated carbocycles. The number of hydrogen-bond donors (Lipinski definition) is 3. The summed E-state index contributed by atoms with van der Waals surface area (Å²) in [4.78, 5) is 17.0. The van der Waals surface area contributed by atoms with Gasteiger partial charge in [-0.25, -0.2) is 0 Å². The number of pyridine rings is 1. The fourth-order valence-corrected chi connectivity index (χ4v) is 2.99. The molecule has 0 aliphatic heterocycles. The van der Waals surface area contributed by atoms with E-state index in [4.69, 9.17) is 5.73 Å². The van der Waals surface area contributed by atoms with E-state index in [0.717, 1.165) is 41.9 Å². The van der Waals surface area contributed by atoms with Crippen LogP contribution in [0, 0.1) is 0 Å². The van der Waals surface area contributed by atoms with Gasteiger partial charge >= 0.3 is 0 Å². The van der Waals surface area contributed by atoms with Crippen LogP contribution in [0.3, 0.4) is 0 Å². The van der Waals surface area contributed by atoms with Gasteiger partial charge in [-0.05, 0) is 49.3 Å². The first-order valence-corrected chi connectivity index (χ1v) is 8.42. The van der Waals surface area contributed by atoms with Gasteiger partial charge in [-0.2, -0.15) is 0 Å². The fraction of sp³-hybridized carbons (Fsp3) is 0.250. The van der Waals surface area contributed by atoms with Crippen LogP contribution >= 0.6 is 0 Å². The first-order valence-electron chi connectivity index (χ1n) is 8.42. The molecule has 0 bridgehead atoms. The van der Waals surface area contributed by atoms with Crippen molar-refractivity contribution in [2.24, 2.45) is 0 Å². The molecule has 5 heteroatoms. The number of hydrogen-bond acceptors (Lipinski definition) is 4. The van der Waals surface area contributed by atoms with Crippen molar-refractivity contribution in [1.29, 1.82) is 0 Å². The molecule has 1 aromatic heterocycles. The number of anilines is 1. The number of aromatic hydroxyl groups is 1. The Balaban J connectivity index is 2.03. The third-order valence-corrected chi connectivity index (χ3v) is 4.66. The van der Waals surface area contributed by atoms with Gasteiger partial charge in [0.1, 0.15) is 5.75 Å². The van der Waals surface area contributed by atoms with Gasteiger partial charge in [-0.3, -0.25) is 4.79 Å². The molecule has 0 unspecified atom stereocenters. The number of nitrogens with two attached hydrogens (primary N) is 1. The SMILES string of the molecule is CCN(C)CCc1ccc(-c2c[nH]c(=O)c3cccc(O)c23)cc1N. The van der Waals surface area contributed by atoms with E-state index in [0.29, 0.717) is 10.8 Å². The Hall–Kier alpha value is -2.79. The van der Waals surface area contributed by atoms with E-state index >= 15 is 0 Å². The molecule has 0 radical (unpaired) electrons. The molecule has 3 rings (SSSR count). The Labute approximate surface area is 146 Å². The summed E-state index contributed by atoms with van der Waals surface area (Å²) >= 11 is 0. The van der Waals surface area contributed by atoms with E-state index in [2.05, 4.69) is 23.9 Å². The first-order chi connectivity index (χ1) is 12.0. The summed E-state index contributed by atoms with van der Waals surface area (Å²) in [6, 6.07) is 10.9. The molecule has 130 valence electrons. The summed E-state index contributed by atoms with van der Waals surface area (Å²) in [6.07, 6.45) is 2.51. The second-order valence-corrected chi connectivity index (χ2v) is 6.29. The Morgan fingerprint density at radius 2 is 2.04 bits per heavy atom. The normalized spacial score (nSPS) is 11.3. The van der Waals surface area contributed by atoms with E-state index in [1.165, 1.54) is 0 Å². The molecule has 4 N–H and O–H groups in total. The quantitative estimate of drug-likeness (QED) is 0.625. The number of likely N-dealkylation sites (N-methyl/N-ethyl adjacent to an activating group) is 1. The lowest BCUT2D eigenvalue weighted by Crippen LogP contribution is -2.20. The largest absolute Gasteiger partial charge is 0.507 e. The number of phenols is 1. The molecular formula is C20H23N3O2. The zero-order valence-corrected chi connectivity index (χ0v) is 14.5. The second kappa shape index (κ2) is 6.99. The third-order valence-electron chi connectivity index (χ3n) is 4.66. The molecule has 0 aliphatic rings. The van der Waals surface area contributed by atoms with Crippen molar-refractivity contribution in [2.45, 2.75) is 13.3 Å². The monoisotopic (exact) mass is 337 g/mol. The number of aromatic nitrogens is 1. The molecule has 0 spiro atoms. The number of H-pyrrole nitrogens is 1. The van der Waals surface area contributed by atoms with Crippen molar-refractivity contribution in [2.75, 3.05) is 25.9 Å². The average molecular weight is 337 g/mol. The number of benzene rings is 2. The molecule has 0 atom stereocenters. The smallest absolute Gasteiger partial charge is 0.255 e. The standard InChI is InChI=1S/C20H23N3O2/c1-3-23(2)10-9-13-7-8-14(11-17(13)21)16-12-22-20(25)15-5-4-6-18(24)19(15)16/h4-8,11-12,24H,3,9-10,21H2,1-2H3,(H,22,25). The third kappa shape index (κ3) is 3.37. The zero-order chi connectivity index (χ0) is 18.0. The highest BCUT2D eigenvalue weighted by Crippen LogP contribution is 2.33. The van der Waals surface area contributed by atoms with Crippen molar-refractivity contribution < 1.29 is 5.11 Å². The number of nitrogen functional groups attached to an aromatic ring is 1. The molecule has 0 fully saturated rings. The average Bonchev–Trinajstić information content (AvgIpc) is 2.61. The van der Waals surface area contributed by atoms with Crippen LogP contribution in [0.15, 0.2) is 47.4 Å². The minimum absolute atomic E-state index is 0.0887. The Morgan fingerprint density at radius 3 is 2.76 bits per heavy atom. The highest BCUT2D eigenvalue weighted by molar-refractivity contribution is 6.00. The summed E-state index contributed by atoms with van der Waals surface area (Å²) in [5, 5.41) is 11.3. The van der Waals surface area contributed by atoms with Gasteiger partial charge in [0.05, 0.1) is 5.39 Å². The Morgan fingerprint density at radius 1 is 1.24 bits per heavy atom. The van der Waals surface area contributed by atoms with Gasteiger partial charge in [-0.1, -0.05) is 25.1 Å². The molecule has 2 aromatic carbocycles. The van der Waals surface area contributed by atoms with Crippen molar-refractivity contribution in [3.8, 4) is 16.9 Å². The molecule has 0 amide bonds. The van der Waals surface area contributed by atoms with Crippen LogP contribution in [0.4, 0.5) is 5.69 Å². The van der Waals surface area contributed by atoms with Crippen molar-refractivity contribution in [3.05, 3.63) is 58.5 Å². The summed E-state index contributed by atoms with van der Waals surface area (Å²) in [5.74, 6) is 0.0887. The number of phenolic OH excluding ortho intramolecular Hbond substituents is 1. The highest BCUT2D eigenvalue weighted by Gasteiger charge is 2.12. The van der Waals surface area contributed by atoms with Crippen LogP contribution in [-0.2, 0) is 6.42 Å². The molecular weight excluding hydrogens is 314 g/mol. The van der Waals surface area contributed by atoms with Gasteiger partial charge in [0.2, 0.25) is 0 Å². The second-order valence-electron chi connectivity index (χ2n) is 6.29. The molecule has 5 nitrogen and oxygen atoms in total. The van der Waals surface area contributed by atoms with Crippen LogP contribution < -0.4 is 11.3 Å². The minimum atomic E-state index is -0.221. The van der Waals surface area contributed by atoms with E-state index in [1.807, 2.05) is 18.2 Å². The predicted octanol–water partition coefficient (Wildman–Crippen LogP) is 2.98. The number of nitrogens with zero attached hydrogens (tertiary/aromatic N) is 1. The Bertz CT molecular complexity index is 963. The summed E-state index contributed by atoms with van der Waals surface area (Å²) in [5.41, 5.74) is 9.47. The molecule has 0 saturated heterocycles. The lowest BCUT2D eigenvalue weighted by Gasteiger charge is -2.15. The fourth-order valence-electron chi connectivity index (χ4n) is 2.99. The molecule has 25 heavy (non-hydrogen) atoms. The number of fused-ring (bicyclic) bond motifs is 1. The van der Waals surface area contributed by atoms with Crippen LogP contribution in [0.25, 0.3) is 21.9 Å². The van der Waals surface area contributed by atoms with Crippen molar-refractivity contribution >= 4 is 16.5 Å². The lowest BCUT2D eigenvalue weighted by atomic mass is 9.97. The molecule has 0 aliphatic carbocycles. The summed E-state index contributed by atoms with van der Waals surface area (Å²) < 4.78 is 0. The van der Waals surface area contributed by atoms with E-state index in [9.17, 15) is 9.90 Å². The van der Waals surface area contributed by atoms with Crippen molar-refractivity contribution in [3.63, 3.8) is 0 Å². The highest BCUT2D eigenvalue weighted by atomic mass is 16.3. The van der Waals surface area contributed by atoms with Crippen LogP contribution in [-0.4, -0.2) is 35.1 Å². The minimum Gasteiger partial charge on any atom is -0.507 e. The van der Waals surface area contributed by atoms with Gasteiger partial charge < -0.3 is 20.7 Å². The maximum absolute atomic E-state index is 12.0. The van der Waals surface area contributed by atoms with Gasteiger partial charge in [-0.15, -0.1) is 0 Å². The number of nitrogens with one attached hydrogen (secondary N) is 1. The maximum Gasteiger partial charge on any atom is 0.255 e. The van der Waals surface area contributed by atoms with Gasteiger partial charge in [0.25, 0.3) is 5.56 Å². The first kappa shape index (κ1) is 17.0. The summed E-state index contributed by atoms with van der Waals surface area (Å²) in [7, 11) is 2.08. The Kier molecular flexibility index (Phi) is 4.76. The number of rotatable bonds is 5. The van der Waals surface area contributed by atoms with E-state index in [-0.39, 0.29) is 11.3 Å². The van der Waals surface area contributed by atoms with Gasteiger partial charge in [0, 0.05) is 29.4 Å². The number of aromatic amines is 1.